The Hall–Kier alpha value is -1.90. The first-order valence-electron chi connectivity index (χ1n) is 8.40. The SMILES string of the molecule is CCCOC(=O)NN=C(c1ccc(Cl)cc1)c1ccc(CS(=O)(=O)CC)s1. The minimum Gasteiger partial charge on any atom is -0.448 e. The van der Waals surface area contributed by atoms with Gasteiger partial charge in [0.05, 0.1) is 17.2 Å². The van der Waals surface area contributed by atoms with Crippen LogP contribution in [0.1, 0.15) is 35.6 Å². The minimum absolute atomic E-state index is 0.0198. The zero-order valence-corrected chi connectivity index (χ0v) is 17.5. The van der Waals surface area contributed by atoms with Crippen molar-refractivity contribution >= 4 is 44.6 Å². The van der Waals surface area contributed by atoms with Crippen LogP contribution in [-0.2, 0) is 20.3 Å². The third-order valence-corrected chi connectivity index (χ3v) is 6.67. The van der Waals surface area contributed by atoms with Gasteiger partial charge >= 0.3 is 6.09 Å². The van der Waals surface area contributed by atoms with Crippen molar-refractivity contribution in [2.45, 2.75) is 26.0 Å². The molecule has 0 unspecified atom stereocenters. The van der Waals surface area contributed by atoms with Gasteiger partial charge in [-0.25, -0.2) is 18.6 Å². The van der Waals surface area contributed by atoms with Crippen LogP contribution in [0.2, 0.25) is 5.02 Å². The van der Waals surface area contributed by atoms with Crippen molar-refractivity contribution in [1.29, 1.82) is 0 Å². The molecule has 1 N–H and O–H groups in total. The number of thiophene rings is 1. The van der Waals surface area contributed by atoms with E-state index in [1.807, 2.05) is 6.92 Å². The molecule has 1 aromatic heterocycles. The van der Waals surface area contributed by atoms with Crippen LogP contribution in [0.25, 0.3) is 0 Å². The number of benzene rings is 1. The summed E-state index contributed by atoms with van der Waals surface area (Å²) >= 11 is 7.26. The van der Waals surface area contributed by atoms with E-state index < -0.39 is 15.9 Å². The lowest BCUT2D eigenvalue weighted by atomic mass is 10.1. The maximum atomic E-state index is 11.9. The van der Waals surface area contributed by atoms with Crippen molar-refractivity contribution in [2.24, 2.45) is 5.10 Å². The summed E-state index contributed by atoms with van der Waals surface area (Å²) in [5.74, 6) is 0.0667. The molecule has 0 fully saturated rings. The van der Waals surface area contributed by atoms with E-state index in [9.17, 15) is 13.2 Å². The molecule has 9 heteroatoms. The van der Waals surface area contributed by atoms with E-state index in [0.717, 1.165) is 10.4 Å². The number of halogens is 1. The Kier molecular flexibility index (Phi) is 7.82. The second-order valence-corrected chi connectivity index (χ2v) is 9.62. The lowest BCUT2D eigenvalue weighted by Gasteiger charge is -2.07. The molecule has 0 bridgehead atoms. The van der Waals surface area contributed by atoms with Crippen LogP contribution in [-0.4, -0.2) is 32.6 Å². The number of sulfone groups is 1. The molecular formula is C18H21ClN2O4S2. The third-order valence-electron chi connectivity index (χ3n) is 3.51. The largest absolute Gasteiger partial charge is 0.448 e. The van der Waals surface area contributed by atoms with Crippen LogP contribution in [0.15, 0.2) is 41.5 Å². The predicted octanol–water partition coefficient (Wildman–Crippen LogP) is 4.22. The lowest BCUT2D eigenvalue weighted by molar-refractivity contribution is 0.146. The molecule has 0 saturated heterocycles. The normalized spacial score (nSPS) is 12.0. The fourth-order valence-corrected chi connectivity index (χ4v) is 4.55. The summed E-state index contributed by atoms with van der Waals surface area (Å²) in [5, 5.41) is 4.76. The molecule has 0 aliphatic heterocycles. The number of ether oxygens (including phenoxy) is 1. The quantitative estimate of drug-likeness (QED) is 0.503. The fourth-order valence-electron chi connectivity index (χ4n) is 2.10. The van der Waals surface area contributed by atoms with Gasteiger partial charge in [0, 0.05) is 21.2 Å². The average Bonchev–Trinajstić information content (AvgIpc) is 3.09. The maximum Gasteiger partial charge on any atom is 0.427 e. The highest BCUT2D eigenvalue weighted by Gasteiger charge is 2.15. The Labute approximate surface area is 168 Å². The van der Waals surface area contributed by atoms with Gasteiger partial charge in [-0.1, -0.05) is 37.6 Å². The second kappa shape index (κ2) is 9.87. The first-order chi connectivity index (χ1) is 12.8. The topological polar surface area (TPSA) is 84.8 Å². The number of hydrogen-bond acceptors (Lipinski definition) is 6. The second-order valence-electron chi connectivity index (χ2n) is 5.66. The van der Waals surface area contributed by atoms with Crippen molar-refractivity contribution in [2.75, 3.05) is 12.4 Å². The van der Waals surface area contributed by atoms with Crippen LogP contribution < -0.4 is 5.43 Å². The number of carbonyl (C=O) groups excluding carboxylic acids is 1. The van der Waals surface area contributed by atoms with E-state index in [4.69, 9.17) is 16.3 Å². The van der Waals surface area contributed by atoms with Crippen molar-refractivity contribution in [3.05, 3.63) is 56.7 Å². The highest BCUT2D eigenvalue weighted by molar-refractivity contribution is 7.90. The summed E-state index contributed by atoms with van der Waals surface area (Å²) in [4.78, 5) is 13.2. The van der Waals surface area contributed by atoms with Gasteiger partial charge in [-0.05, 0) is 30.7 Å². The fraction of sp³-hybridized carbons (Fsp3) is 0.333. The first kappa shape index (κ1) is 21.4. The molecule has 0 aliphatic rings. The Bertz CT molecular complexity index is 906. The summed E-state index contributed by atoms with van der Waals surface area (Å²) in [6.45, 7) is 3.82. The highest BCUT2D eigenvalue weighted by Crippen LogP contribution is 2.23. The Morgan fingerprint density at radius 3 is 2.52 bits per heavy atom. The lowest BCUT2D eigenvalue weighted by Crippen LogP contribution is -2.21. The number of nitrogens with zero attached hydrogens (tertiary/aromatic N) is 1. The van der Waals surface area contributed by atoms with Gasteiger partial charge in [0.25, 0.3) is 0 Å². The van der Waals surface area contributed by atoms with E-state index >= 15 is 0 Å². The van der Waals surface area contributed by atoms with Gasteiger partial charge in [-0.15, -0.1) is 11.3 Å². The summed E-state index contributed by atoms with van der Waals surface area (Å²) in [5.41, 5.74) is 3.62. The Balaban J connectivity index is 2.31. The van der Waals surface area contributed by atoms with Gasteiger partial charge < -0.3 is 4.74 Å². The number of nitrogens with one attached hydrogen (secondary N) is 1. The molecule has 0 atom stereocenters. The van der Waals surface area contributed by atoms with E-state index in [1.54, 1.807) is 43.3 Å². The summed E-state index contributed by atoms with van der Waals surface area (Å²) < 4.78 is 28.7. The van der Waals surface area contributed by atoms with Crippen LogP contribution in [0.5, 0.6) is 0 Å². The third kappa shape index (κ3) is 6.64. The van der Waals surface area contributed by atoms with Gasteiger partial charge in [0.2, 0.25) is 0 Å². The number of carbonyl (C=O) groups is 1. The van der Waals surface area contributed by atoms with Crippen LogP contribution in [0, 0.1) is 0 Å². The van der Waals surface area contributed by atoms with Crippen molar-refractivity contribution in [1.82, 2.24) is 5.43 Å². The van der Waals surface area contributed by atoms with Gasteiger partial charge in [-0.2, -0.15) is 5.10 Å². The van der Waals surface area contributed by atoms with E-state index in [1.165, 1.54) is 11.3 Å². The molecule has 1 heterocycles. The maximum absolute atomic E-state index is 11.9. The van der Waals surface area contributed by atoms with E-state index in [2.05, 4.69) is 10.5 Å². The predicted molar refractivity (Wildman–Crippen MR) is 109 cm³/mol. The highest BCUT2D eigenvalue weighted by atomic mass is 35.5. The van der Waals surface area contributed by atoms with E-state index in [0.29, 0.717) is 28.6 Å². The summed E-state index contributed by atoms with van der Waals surface area (Å²) in [7, 11) is -3.13. The Morgan fingerprint density at radius 1 is 1.19 bits per heavy atom. The van der Waals surface area contributed by atoms with Gasteiger partial charge in [0.15, 0.2) is 9.84 Å². The van der Waals surface area contributed by atoms with Gasteiger partial charge in [-0.3, -0.25) is 0 Å². The molecule has 0 spiro atoms. The Morgan fingerprint density at radius 2 is 1.89 bits per heavy atom. The monoisotopic (exact) mass is 428 g/mol. The first-order valence-corrected chi connectivity index (χ1v) is 11.4. The molecule has 146 valence electrons. The van der Waals surface area contributed by atoms with Gasteiger partial charge in [0.1, 0.15) is 5.71 Å². The zero-order valence-electron chi connectivity index (χ0n) is 15.1. The average molecular weight is 429 g/mol. The molecule has 0 radical (unpaired) electrons. The molecule has 1 aromatic carbocycles. The van der Waals surface area contributed by atoms with Crippen LogP contribution in [0.4, 0.5) is 4.79 Å². The molecule has 2 rings (SSSR count). The summed E-state index contributed by atoms with van der Waals surface area (Å²) in [6.07, 6.45) is 0.0649. The molecule has 6 nitrogen and oxygen atoms in total. The van der Waals surface area contributed by atoms with Crippen molar-refractivity contribution in [3.63, 3.8) is 0 Å². The molecule has 0 aliphatic carbocycles. The smallest absolute Gasteiger partial charge is 0.427 e. The molecule has 0 saturated carbocycles. The molecule has 27 heavy (non-hydrogen) atoms. The molecule has 2 aromatic rings. The van der Waals surface area contributed by atoms with Crippen molar-refractivity contribution in [3.8, 4) is 0 Å². The summed E-state index contributed by atoms with van der Waals surface area (Å²) in [6, 6.07) is 10.5. The standard InChI is InChI=1S/C18H21ClN2O4S2/c1-3-11-25-18(22)21-20-17(13-5-7-14(19)8-6-13)16-10-9-15(26-16)12-27(23,24)4-2/h5-10H,3-4,11-12H2,1-2H3,(H,21,22). The number of amides is 1. The molecular weight excluding hydrogens is 408 g/mol. The van der Waals surface area contributed by atoms with Crippen molar-refractivity contribution < 1.29 is 17.9 Å². The molecule has 1 amide bonds. The minimum atomic E-state index is -3.13. The number of rotatable bonds is 8. The number of hydrazone groups is 1. The van der Waals surface area contributed by atoms with Crippen LogP contribution in [0.3, 0.4) is 0 Å². The number of hydrogen-bond donors (Lipinski definition) is 1. The zero-order chi connectivity index (χ0) is 19.9. The van der Waals surface area contributed by atoms with Crippen LogP contribution >= 0.6 is 22.9 Å². The van der Waals surface area contributed by atoms with E-state index in [-0.39, 0.29) is 11.5 Å².